The van der Waals surface area contributed by atoms with Gasteiger partial charge in [-0.3, -0.25) is 4.98 Å². The van der Waals surface area contributed by atoms with Crippen molar-refractivity contribution in [2.75, 3.05) is 0 Å². The fourth-order valence-corrected chi connectivity index (χ4v) is 2.13. The molecule has 2 aromatic rings. The maximum Gasteiger partial charge on any atom is 0.160 e. The van der Waals surface area contributed by atoms with Crippen molar-refractivity contribution in [2.24, 2.45) is 0 Å². The van der Waals surface area contributed by atoms with Gasteiger partial charge in [-0.2, -0.15) is 0 Å². The predicted molar refractivity (Wildman–Crippen MR) is 86.0 cm³/mol. The molecule has 1 N–H and O–H groups in total. The summed E-state index contributed by atoms with van der Waals surface area (Å²) in [5, 5.41) is 3.47. The smallest absolute Gasteiger partial charge is 0.160 e. The van der Waals surface area contributed by atoms with Gasteiger partial charge in [-0.1, -0.05) is 6.92 Å². The molecule has 0 spiro atoms. The Kier molecular flexibility index (Phi) is 4.68. The number of pyridine rings is 1. The van der Waals surface area contributed by atoms with Crippen molar-refractivity contribution in [1.29, 1.82) is 0 Å². The lowest BCUT2D eigenvalue weighted by Gasteiger charge is -2.20. The van der Waals surface area contributed by atoms with Crippen LogP contribution in [0, 0.1) is 6.92 Å². The van der Waals surface area contributed by atoms with Crippen LogP contribution in [0.5, 0.6) is 0 Å². The maximum absolute atomic E-state index is 4.71. The average Bonchev–Trinajstić information content (AvgIpc) is 2.44. The third-order valence-corrected chi connectivity index (χ3v) is 3.23. The molecule has 2 aromatic heterocycles. The highest BCUT2D eigenvalue weighted by Crippen LogP contribution is 2.20. The SMILES string of the molecule is CCc1cnccc1-c1nc(C)cc(CNC(C)(C)C)n1. The zero-order valence-electron chi connectivity index (χ0n) is 13.6. The van der Waals surface area contributed by atoms with Crippen molar-refractivity contribution in [3.8, 4) is 11.4 Å². The lowest BCUT2D eigenvalue weighted by molar-refractivity contribution is 0.421. The zero-order valence-corrected chi connectivity index (χ0v) is 13.6. The van der Waals surface area contributed by atoms with E-state index in [0.717, 1.165) is 35.7 Å². The van der Waals surface area contributed by atoms with Gasteiger partial charge in [-0.25, -0.2) is 9.97 Å². The summed E-state index contributed by atoms with van der Waals surface area (Å²) in [7, 11) is 0. The lowest BCUT2D eigenvalue weighted by Crippen LogP contribution is -2.35. The largest absolute Gasteiger partial charge is 0.306 e. The van der Waals surface area contributed by atoms with E-state index in [-0.39, 0.29) is 5.54 Å². The fourth-order valence-electron chi connectivity index (χ4n) is 2.13. The Balaban J connectivity index is 2.34. The molecule has 0 aromatic carbocycles. The van der Waals surface area contributed by atoms with Crippen molar-refractivity contribution in [3.63, 3.8) is 0 Å². The highest BCUT2D eigenvalue weighted by atomic mass is 15.0. The predicted octanol–water partition coefficient (Wildman–Crippen LogP) is 3.30. The molecule has 0 fully saturated rings. The first kappa shape index (κ1) is 15.6. The van der Waals surface area contributed by atoms with Crippen LogP contribution in [0.4, 0.5) is 0 Å². The highest BCUT2D eigenvalue weighted by molar-refractivity contribution is 5.59. The summed E-state index contributed by atoms with van der Waals surface area (Å²) < 4.78 is 0. The molecule has 112 valence electrons. The van der Waals surface area contributed by atoms with Gasteiger partial charge in [0.15, 0.2) is 5.82 Å². The third kappa shape index (κ3) is 4.33. The summed E-state index contributed by atoms with van der Waals surface area (Å²) in [5.74, 6) is 0.792. The van der Waals surface area contributed by atoms with Gasteiger partial charge < -0.3 is 5.32 Å². The standard InChI is InChI=1S/C17H24N4/c1-6-13-10-18-8-7-15(13)16-20-12(2)9-14(21-16)11-19-17(3,4)5/h7-10,19H,6,11H2,1-5H3. The Morgan fingerprint density at radius 1 is 1.19 bits per heavy atom. The molecule has 0 saturated carbocycles. The van der Waals surface area contributed by atoms with Crippen LogP contribution in [-0.4, -0.2) is 20.5 Å². The highest BCUT2D eigenvalue weighted by Gasteiger charge is 2.12. The molecule has 2 heterocycles. The van der Waals surface area contributed by atoms with Crippen LogP contribution in [0.3, 0.4) is 0 Å². The van der Waals surface area contributed by atoms with Crippen LogP contribution in [0.1, 0.15) is 44.6 Å². The fraction of sp³-hybridized carbons (Fsp3) is 0.471. The second kappa shape index (κ2) is 6.31. The van der Waals surface area contributed by atoms with Gasteiger partial charge in [0.2, 0.25) is 0 Å². The van der Waals surface area contributed by atoms with Crippen molar-refractivity contribution >= 4 is 0 Å². The molecule has 0 saturated heterocycles. The van der Waals surface area contributed by atoms with Crippen molar-refractivity contribution in [1.82, 2.24) is 20.3 Å². The van der Waals surface area contributed by atoms with Crippen molar-refractivity contribution in [2.45, 2.75) is 53.1 Å². The molecule has 21 heavy (non-hydrogen) atoms. The van der Waals surface area contributed by atoms with E-state index in [1.54, 1.807) is 6.20 Å². The van der Waals surface area contributed by atoms with Crippen molar-refractivity contribution < 1.29 is 0 Å². The maximum atomic E-state index is 4.71. The number of rotatable bonds is 4. The van der Waals surface area contributed by atoms with Gasteiger partial charge in [-0.15, -0.1) is 0 Å². The van der Waals surface area contributed by atoms with Gasteiger partial charge in [0, 0.05) is 35.7 Å². The van der Waals surface area contributed by atoms with Crippen LogP contribution in [0.25, 0.3) is 11.4 Å². The molecule has 0 aliphatic rings. The molecular weight excluding hydrogens is 260 g/mol. The molecule has 0 bridgehead atoms. The van der Waals surface area contributed by atoms with E-state index in [9.17, 15) is 0 Å². The molecule has 2 rings (SSSR count). The summed E-state index contributed by atoms with van der Waals surface area (Å²) in [6.45, 7) is 11.3. The Labute approximate surface area is 127 Å². The second-order valence-corrected chi connectivity index (χ2v) is 6.31. The molecule has 4 nitrogen and oxygen atoms in total. The van der Waals surface area contributed by atoms with Crippen LogP contribution in [-0.2, 0) is 13.0 Å². The van der Waals surface area contributed by atoms with Crippen LogP contribution in [0.2, 0.25) is 0 Å². The van der Waals surface area contributed by atoms with Crippen LogP contribution < -0.4 is 5.32 Å². The molecule has 0 aliphatic heterocycles. The first-order valence-corrected chi connectivity index (χ1v) is 7.42. The monoisotopic (exact) mass is 284 g/mol. The summed E-state index contributed by atoms with van der Waals surface area (Å²) >= 11 is 0. The molecular formula is C17H24N4. The first-order chi connectivity index (χ1) is 9.89. The van der Waals surface area contributed by atoms with Gasteiger partial charge in [-0.05, 0) is 51.8 Å². The van der Waals surface area contributed by atoms with E-state index < -0.39 is 0 Å². The van der Waals surface area contributed by atoms with E-state index in [1.165, 1.54) is 5.56 Å². The molecule has 0 unspecified atom stereocenters. The molecule has 0 radical (unpaired) electrons. The number of nitrogens with zero attached hydrogens (tertiary/aromatic N) is 3. The van der Waals surface area contributed by atoms with Gasteiger partial charge in [0.1, 0.15) is 0 Å². The van der Waals surface area contributed by atoms with E-state index in [0.29, 0.717) is 0 Å². The average molecular weight is 284 g/mol. The van der Waals surface area contributed by atoms with Crippen LogP contribution >= 0.6 is 0 Å². The summed E-state index contributed by atoms with van der Waals surface area (Å²) in [4.78, 5) is 13.5. The Bertz CT molecular complexity index is 614. The molecule has 4 heteroatoms. The van der Waals surface area contributed by atoms with E-state index in [4.69, 9.17) is 4.98 Å². The lowest BCUT2D eigenvalue weighted by atomic mass is 10.1. The zero-order chi connectivity index (χ0) is 15.5. The van der Waals surface area contributed by atoms with Gasteiger partial charge in [0.05, 0.1) is 5.69 Å². The Morgan fingerprint density at radius 3 is 2.62 bits per heavy atom. The normalized spacial score (nSPS) is 11.7. The van der Waals surface area contributed by atoms with E-state index >= 15 is 0 Å². The first-order valence-electron chi connectivity index (χ1n) is 7.42. The molecule has 0 aliphatic carbocycles. The summed E-state index contributed by atoms with van der Waals surface area (Å²) in [6, 6.07) is 4.03. The van der Waals surface area contributed by atoms with E-state index in [2.05, 4.69) is 43.0 Å². The number of aryl methyl sites for hydroxylation is 2. The minimum Gasteiger partial charge on any atom is -0.306 e. The summed E-state index contributed by atoms with van der Waals surface area (Å²) in [6.07, 6.45) is 4.62. The second-order valence-electron chi connectivity index (χ2n) is 6.31. The van der Waals surface area contributed by atoms with Gasteiger partial charge >= 0.3 is 0 Å². The number of nitrogens with one attached hydrogen (secondary N) is 1. The molecule has 0 amide bonds. The Morgan fingerprint density at radius 2 is 1.95 bits per heavy atom. The molecule has 0 atom stereocenters. The minimum absolute atomic E-state index is 0.0737. The Hall–Kier alpha value is -1.81. The minimum atomic E-state index is 0.0737. The number of aromatic nitrogens is 3. The quantitative estimate of drug-likeness (QED) is 0.936. The van der Waals surface area contributed by atoms with Crippen LogP contribution in [0.15, 0.2) is 24.5 Å². The van der Waals surface area contributed by atoms with Gasteiger partial charge in [0.25, 0.3) is 0 Å². The third-order valence-electron chi connectivity index (χ3n) is 3.23. The number of hydrogen-bond acceptors (Lipinski definition) is 4. The van der Waals surface area contributed by atoms with Crippen molar-refractivity contribution in [3.05, 3.63) is 41.5 Å². The summed E-state index contributed by atoms with van der Waals surface area (Å²) in [5.41, 5.74) is 4.34. The van der Waals surface area contributed by atoms with E-state index in [1.807, 2.05) is 25.3 Å². The number of hydrogen-bond donors (Lipinski definition) is 1. The topological polar surface area (TPSA) is 50.7 Å².